The van der Waals surface area contributed by atoms with Crippen molar-refractivity contribution in [3.8, 4) is 67.5 Å². The van der Waals surface area contributed by atoms with Gasteiger partial charge in [0.05, 0.1) is 0 Å². The molecule has 3 nitrogen and oxygen atoms in total. The second-order valence-electron chi connectivity index (χ2n) is 13.9. The molecule has 0 atom stereocenters. The molecule has 0 saturated heterocycles. The number of rotatable bonds is 6. The summed E-state index contributed by atoms with van der Waals surface area (Å²) in [5, 5.41) is 4.97. The van der Waals surface area contributed by atoms with Crippen LogP contribution in [0.5, 0.6) is 0 Å². The van der Waals surface area contributed by atoms with E-state index in [1.165, 1.54) is 62.8 Å². The SMILES string of the molecule is c1ccc(-c2ccc(-c3nc(-c4ccccc4)nc(-c4cccc5sc6c(-c7ccc(-c8ccccc8)c8sc9ccccc9c78)cccc6c45)n3)cc2)cc1. The fourth-order valence-electron chi connectivity index (χ4n) is 7.93. The third-order valence-electron chi connectivity index (χ3n) is 10.6. The van der Waals surface area contributed by atoms with E-state index in [1.54, 1.807) is 0 Å². The molecular formula is C51H31N3S2. The van der Waals surface area contributed by atoms with Gasteiger partial charge in [-0.05, 0) is 39.9 Å². The van der Waals surface area contributed by atoms with Crippen LogP contribution in [0.1, 0.15) is 0 Å². The molecule has 11 rings (SSSR count). The molecule has 56 heavy (non-hydrogen) atoms. The third-order valence-corrected chi connectivity index (χ3v) is 13.0. The van der Waals surface area contributed by atoms with Gasteiger partial charge >= 0.3 is 0 Å². The first kappa shape index (κ1) is 32.6. The molecule has 0 aliphatic carbocycles. The molecule has 0 amide bonds. The highest BCUT2D eigenvalue weighted by Gasteiger charge is 2.21. The van der Waals surface area contributed by atoms with Crippen LogP contribution in [0.4, 0.5) is 0 Å². The lowest BCUT2D eigenvalue weighted by molar-refractivity contribution is 1.08. The number of benzene rings is 8. The molecule has 0 fully saturated rings. The van der Waals surface area contributed by atoms with Gasteiger partial charge in [-0.1, -0.05) is 176 Å². The van der Waals surface area contributed by atoms with Crippen molar-refractivity contribution in [2.24, 2.45) is 0 Å². The summed E-state index contributed by atoms with van der Waals surface area (Å²) in [4.78, 5) is 15.4. The molecule has 0 unspecified atom stereocenters. The van der Waals surface area contributed by atoms with E-state index >= 15 is 0 Å². The van der Waals surface area contributed by atoms with Crippen LogP contribution in [0.15, 0.2) is 188 Å². The number of hydrogen-bond acceptors (Lipinski definition) is 5. The Morgan fingerprint density at radius 3 is 1.52 bits per heavy atom. The van der Waals surface area contributed by atoms with E-state index in [0.29, 0.717) is 17.5 Å². The van der Waals surface area contributed by atoms with Crippen LogP contribution < -0.4 is 0 Å². The molecule has 5 heteroatoms. The van der Waals surface area contributed by atoms with Gasteiger partial charge < -0.3 is 0 Å². The van der Waals surface area contributed by atoms with Crippen LogP contribution in [0.3, 0.4) is 0 Å². The third kappa shape index (κ3) is 5.51. The summed E-state index contributed by atoms with van der Waals surface area (Å²) in [6, 6.07) is 66.6. The van der Waals surface area contributed by atoms with Gasteiger partial charge in [-0.25, -0.2) is 15.0 Å². The standard InChI is InChI=1S/C51H31N3S2/c1-4-14-32(15-5-1)33-26-28-36(29-27-33)50-52-49(35-18-8-3-9-19-35)53-51(54-50)42-23-13-25-44-45(42)41-22-12-21-39(47(41)56-44)38-31-30-37(34-16-6-2-7-17-34)48-46(38)40-20-10-11-24-43(40)55-48/h1-31H. The van der Waals surface area contributed by atoms with Gasteiger partial charge in [0.15, 0.2) is 17.5 Å². The van der Waals surface area contributed by atoms with Crippen molar-refractivity contribution in [1.29, 1.82) is 0 Å². The lowest BCUT2D eigenvalue weighted by Crippen LogP contribution is -2.00. The molecular weight excluding hydrogens is 719 g/mol. The summed E-state index contributed by atoms with van der Waals surface area (Å²) in [7, 11) is 0. The predicted molar refractivity (Wildman–Crippen MR) is 238 cm³/mol. The summed E-state index contributed by atoms with van der Waals surface area (Å²) in [5.41, 5.74) is 10.2. The van der Waals surface area contributed by atoms with E-state index in [9.17, 15) is 0 Å². The first-order chi connectivity index (χ1) is 27.8. The van der Waals surface area contributed by atoms with Crippen LogP contribution in [0, 0.1) is 0 Å². The van der Waals surface area contributed by atoms with E-state index in [0.717, 1.165) is 27.6 Å². The highest BCUT2D eigenvalue weighted by Crippen LogP contribution is 2.49. The number of fused-ring (bicyclic) bond motifs is 6. The molecule has 3 aromatic heterocycles. The van der Waals surface area contributed by atoms with E-state index in [4.69, 9.17) is 15.0 Å². The van der Waals surface area contributed by atoms with Crippen molar-refractivity contribution < 1.29 is 0 Å². The highest BCUT2D eigenvalue weighted by molar-refractivity contribution is 7.27. The monoisotopic (exact) mass is 749 g/mol. The molecule has 11 aromatic rings. The smallest absolute Gasteiger partial charge is 0.164 e. The molecule has 8 aromatic carbocycles. The van der Waals surface area contributed by atoms with Crippen molar-refractivity contribution in [1.82, 2.24) is 15.0 Å². The largest absolute Gasteiger partial charge is 0.208 e. The molecule has 0 aliphatic heterocycles. The van der Waals surface area contributed by atoms with Crippen molar-refractivity contribution in [3.63, 3.8) is 0 Å². The van der Waals surface area contributed by atoms with E-state index < -0.39 is 0 Å². The number of thiophene rings is 2. The number of nitrogens with zero attached hydrogens (tertiary/aromatic N) is 3. The Bertz CT molecular complexity index is 3220. The van der Waals surface area contributed by atoms with Gasteiger partial charge in [0, 0.05) is 62.6 Å². The summed E-state index contributed by atoms with van der Waals surface area (Å²) >= 11 is 3.72. The Labute approximate surface area is 331 Å². The maximum Gasteiger partial charge on any atom is 0.164 e. The quantitative estimate of drug-likeness (QED) is 0.170. The normalized spacial score (nSPS) is 11.6. The summed E-state index contributed by atoms with van der Waals surface area (Å²) in [6.07, 6.45) is 0. The minimum absolute atomic E-state index is 0.649. The van der Waals surface area contributed by atoms with Gasteiger partial charge in [-0.2, -0.15) is 0 Å². The van der Waals surface area contributed by atoms with Gasteiger partial charge in [-0.3, -0.25) is 0 Å². The van der Waals surface area contributed by atoms with Gasteiger partial charge in [-0.15, -0.1) is 22.7 Å². The fourth-order valence-corrected chi connectivity index (χ4v) is 10.4. The Balaban J connectivity index is 1.11. The van der Waals surface area contributed by atoms with Crippen molar-refractivity contribution in [2.45, 2.75) is 0 Å². The fraction of sp³-hybridized carbons (Fsp3) is 0. The van der Waals surface area contributed by atoms with Crippen molar-refractivity contribution >= 4 is 63.0 Å². The van der Waals surface area contributed by atoms with Crippen LogP contribution in [0.2, 0.25) is 0 Å². The van der Waals surface area contributed by atoms with Crippen LogP contribution in [-0.4, -0.2) is 15.0 Å². The van der Waals surface area contributed by atoms with E-state index in [1.807, 2.05) is 46.9 Å². The molecule has 0 saturated carbocycles. The molecule has 262 valence electrons. The minimum Gasteiger partial charge on any atom is -0.208 e. The summed E-state index contributed by atoms with van der Waals surface area (Å²) in [6.45, 7) is 0. The summed E-state index contributed by atoms with van der Waals surface area (Å²) in [5.74, 6) is 1.96. The van der Waals surface area contributed by atoms with Crippen LogP contribution in [-0.2, 0) is 0 Å². The second-order valence-corrected chi connectivity index (χ2v) is 16.0. The lowest BCUT2D eigenvalue weighted by Gasteiger charge is -2.11. The zero-order chi connectivity index (χ0) is 37.0. The maximum absolute atomic E-state index is 5.21. The molecule has 0 spiro atoms. The number of hydrogen-bond donors (Lipinski definition) is 0. The zero-order valence-electron chi connectivity index (χ0n) is 30.1. The van der Waals surface area contributed by atoms with Gasteiger partial charge in [0.2, 0.25) is 0 Å². The average Bonchev–Trinajstić information content (AvgIpc) is 3.86. The van der Waals surface area contributed by atoms with Crippen molar-refractivity contribution in [3.05, 3.63) is 188 Å². The number of aromatic nitrogens is 3. The zero-order valence-corrected chi connectivity index (χ0v) is 31.7. The van der Waals surface area contributed by atoms with Crippen LogP contribution in [0.25, 0.3) is 108 Å². The second kappa shape index (κ2) is 13.5. The highest BCUT2D eigenvalue weighted by atomic mass is 32.1. The molecule has 3 heterocycles. The minimum atomic E-state index is 0.649. The molecule has 0 aliphatic rings. The summed E-state index contributed by atoms with van der Waals surface area (Å²) < 4.78 is 5.07. The van der Waals surface area contributed by atoms with E-state index in [2.05, 4.69) is 164 Å². The molecule has 0 bridgehead atoms. The Morgan fingerprint density at radius 2 is 0.768 bits per heavy atom. The maximum atomic E-state index is 5.21. The predicted octanol–water partition coefficient (Wildman–Crippen LogP) is 14.6. The van der Waals surface area contributed by atoms with Gasteiger partial charge in [0.1, 0.15) is 0 Å². The van der Waals surface area contributed by atoms with Crippen molar-refractivity contribution in [2.75, 3.05) is 0 Å². The lowest BCUT2D eigenvalue weighted by atomic mass is 9.94. The van der Waals surface area contributed by atoms with Gasteiger partial charge in [0.25, 0.3) is 0 Å². The Kier molecular flexibility index (Phi) is 7.87. The Morgan fingerprint density at radius 1 is 0.268 bits per heavy atom. The first-order valence-corrected chi connectivity index (χ1v) is 20.3. The average molecular weight is 750 g/mol. The molecule has 0 N–H and O–H groups in total. The first-order valence-electron chi connectivity index (χ1n) is 18.7. The Hall–Kier alpha value is -6.79. The molecule has 0 radical (unpaired) electrons. The van der Waals surface area contributed by atoms with E-state index in [-0.39, 0.29) is 0 Å². The topological polar surface area (TPSA) is 38.7 Å². The van der Waals surface area contributed by atoms with Crippen LogP contribution >= 0.6 is 22.7 Å².